The molecule has 1 aromatic rings. The van der Waals surface area contributed by atoms with Crippen LogP contribution in [0, 0.1) is 6.92 Å². The van der Waals surface area contributed by atoms with Crippen LogP contribution in [0.1, 0.15) is 12.7 Å². The molecule has 0 aliphatic heterocycles. The van der Waals surface area contributed by atoms with E-state index in [-0.39, 0.29) is 11.6 Å². The van der Waals surface area contributed by atoms with E-state index < -0.39 is 5.97 Å². The zero-order valence-corrected chi connectivity index (χ0v) is 6.87. The number of esters is 1. The Morgan fingerprint density at radius 2 is 2.33 bits per heavy atom. The van der Waals surface area contributed by atoms with Crippen molar-refractivity contribution in [1.29, 1.82) is 0 Å². The first-order valence-corrected chi connectivity index (χ1v) is 3.37. The molecule has 1 rings (SSSR count). The minimum Gasteiger partial charge on any atom is -0.421 e. The van der Waals surface area contributed by atoms with Crippen molar-refractivity contribution in [3.63, 3.8) is 0 Å². The van der Waals surface area contributed by atoms with Crippen LogP contribution in [0.15, 0.2) is 6.20 Å². The Morgan fingerprint density at radius 3 is 2.83 bits per heavy atom. The Balaban J connectivity index is 2.93. The summed E-state index contributed by atoms with van der Waals surface area (Å²) in [5.74, 6) is 0.489. The molecule has 0 fully saturated rings. The molecule has 0 aromatic carbocycles. The fourth-order valence-electron chi connectivity index (χ4n) is 0.710. The number of hydrogen-bond donors (Lipinski definition) is 1. The number of nitrogen functional groups attached to an aromatic ring is 1. The average molecular weight is 167 g/mol. The number of ether oxygens (including phenoxy) is 1. The average Bonchev–Trinajstić information content (AvgIpc) is 1.94. The Hall–Kier alpha value is -1.65. The molecule has 0 amide bonds. The monoisotopic (exact) mass is 167 g/mol. The predicted molar refractivity (Wildman–Crippen MR) is 42.5 cm³/mol. The van der Waals surface area contributed by atoms with Gasteiger partial charge in [-0.3, -0.25) is 4.79 Å². The van der Waals surface area contributed by atoms with E-state index in [9.17, 15) is 4.79 Å². The highest BCUT2D eigenvalue weighted by Gasteiger charge is 2.04. The van der Waals surface area contributed by atoms with Crippen LogP contribution in [0.3, 0.4) is 0 Å². The molecule has 64 valence electrons. The van der Waals surface area contributed by atoms with Crippen molar-refractivity contribution in [3.8, 4) is 5.75 Å². The fourth-order valence-corrected chi connectivity index (χ4v) is 0.710. The number of carbonyl (C=O) groups excluding carboxylic acids is 1. The first kappa shape index (κ1) is 8.45. The van der Waals surface area contributed by atoms with Gasteiger partial charge >= 0.3 is 5.97 Å². The molecular weight excluding hydrogens is 158 g/mol. The topological polar surface area (TPSA) is 78.1 Å². The highest BCUT2D eigenvalue weighted by Crippen LogP contribution is 2.16. The molecule has 0 aliphatic carbocycles. The number of aromatic nitrogens is 2. The van der Waals surface area contributed by atoms with Gasteiger partial charge in [-0.05, 0) is 6.92 Å². The second-order valence-corrected chi connectivity index (χ2v) is 2.26. The van der Waals surface area contributed by atoms with E-state index >= 15 is 0 Å². The van der Waals surface area contributed by atoms with Crippen molar-refractivity contribution >= 4 is 11.8 Å². The molecule has 12 heavy (non-hydrogen) atoms. The molecule has 1 aromatic heterocycles. The summed E-state index contributed by atoms with van der Waals surface area (Å²) in [7, 11) is 0. The number of aryl methyl sites for hydroxylation is 1. The van der Waals surface area contributed by atoms with Crippen LogP contribution in [0.5, 0.6) is 5.75 Å². The maximum atomic E-state index is 10.5. The van der Waals surface area contributed by atoms with Gasteiger partial charge in [-0.25, -0.2) is 9.97 Å². The van der Waals surface area contributed by atoms with Gasteiger partial charge in [0.15, 0.2) is 11.6 Å². The van der Waals surface area contributed by atoms with Crippen molar-refractivity contribution in [2.45, 2.75) is 13.8 Å². The lowest BCUT2D eigenvalue weighted by Crippen LogP contribution is -2.06. The van der Waals surface area contributed by atoms with Gasteiger partial charge in [0.25, 0.3) is 0 Å². The first-order chi connectivity index (χ1) is 5.59. The van der Waals surface area contributed by atoms with E-state index in [1.54, 1.807) is 6.92 Å². The second kappa shape index (κ2) is 3.17. The summed E-state index contributed by atoms with van der Waals surface area (Å²) in [4.78, 5) is 18.2. The third-order valence-corrected chi connectivity index (χ3v) is 1.16. The van der Waals surface area contributed by atoms with E-state index in [2.05, 4.69) is 9.97 Å². The third-order valence-electron chi connectivity index (χ3n) is 1.16. The number of nitrogens with two attached hydrogens (primary N) is 1. The van der Waals surface area contributed by atoms with Crippen molar-refractivity contribution in [2.75, 3.05) is 5.73 Å². The fraction of sp³-hybridized carbons (Fsp3) is 0.286. The summed E-state index contributed by atoms with van der Waals surface area (Å²) >= 11 is 0. The number of nitrogens with zero attached hydrogens (tertiary/aromatic N) is 2. The van der Waals surface area contributed by atoms with Crippen LogP contribution < -0.4 is 10.5 Å². The van der Waals surface area contributed by atoms with E-state index in [1.807, 2.05) is 0 Å². The SMILES string of the molecule is CC(=O)Oc1cnc(C)nc1N. The van der Waals surface area contributed by atoms with Gasteiger partial charge in [0.05, 0.1) is 6.20 Å². The lowest BCUT2D eigenvalue weighted by atomic mass is 10.5. The maximum Gasteiger partial charge on any atom is 0.308 e. The molecule has 5 nitrogen and oxygen atoms in total. The molecule has 0 saturated heterocycles. The second-order valence-electron chi connectivity index (χ2n) is 2.26. The van der Waals surface area contributed by atoms with Crippen LogP contribution in [-0.2, 0) is 4.79 Å². The number of hydrogen-bond acceptors (Lipinski definition) is 5. The molecule has 0 aliphatic rings. The van der Waals surface area contributed by atoms with Crippen LogP contribution >= 0.6 is 0 Å². The van der Waals surface area contributed by atoms with Gasteiger partial charge in [-0.15, -0.1) is 0 Å². The van der Waals surface area contributed by atoms with Crippen molar-refractivity contribution in [2.24, 2.45) is 0 Å². The molecule has 0 spiro atoms. The van der Waals surface area contributed by atoms with Crippen molar-refractivity contribution < 1.29 is 9.53 Å². The van der Waals surface area contributed by atoms with Crippen molar-refractivity contribution in [3.05, 3.63) is 12.0 Å². The quantitative estimate of drug-likeness (QED) is 0.608. The van der Waals surface area contributed by atoms with Gasteiger partial charge < -0.3 is 10.5 Å². The van der Waals surface area contributed by atoms with Crippen LogP contribution in [-0.4, -0.2) is 15.9 Å². The summed E-state index contributed by atoms with van der Waals surface area (Å²) < 4.78 is 4.71. The van der Waals surface area contributed by atoms with Gasteiger partial charge in [-0.1, -0.05) is 0 Å². The molecule has 5 heteroatoms. The molecule has 2 N–H and O–H groups in total. The number of rotatable bonds is 1. The van der Waals surface area contributed by atoms with Gasteiger partial charge in [0.2, 0.25) is 0 Å². The summed E-state index contributed by atoms with van der Waals surface area (Å²) in [6.07, 6.45) is 1.37. The van der Waals surface area contributed by atoms with E-state index in [0.717, 1.165) is 0 Å². The Bertz CT molecular complexity index is 312. The van der Waals surface area contributed by atoms with E-state index in [4.69, 9.17) is 10.5 Å². The van der Waals surface area contributed by atoms with Gasteiger partial charge in [0, 0.05) is 6.92 Å². The first-order valence-electron chi connectivity index (χ1n) is 3.37. The minimum atomic E-state index is -0.436. The van der Waals surface area contributed by atoms with E-state index in [1.165, 1.54) is 13.1 Å². The summed E-state index contributed by atoms with van der Waals surface area (Å²) in [5, 5.41) is 0. The molecular formula is C7H9N3O2. The molecule has 0 bridgehead atoms. The van der Waals surface area contributed by atoms with Crippen LogP contribution in [0.25, 0.3) is 0 Å². The predicted octanol–water partition coefficient (Wildman–Crippen LogP) is 0.293. The maximum absolute atomic E-state index is 10.5. The molecule has 1 heterocycles. The summed E-state index contributed by atoms with van der Waals surface area (Å²) in [6, 6.07) is 0. The minimum absolute atomic E-state index is 0.178. The molecule has 0 unspecified atom stereocenters. The highest BCUT2D eigenvalue weighted by atomic mass is 16.5. The van der Waals surface area contributed by atoms with Crippen molar-refractivity contribution in [1.82, 2.24) is 9.97 Å². The normalized spacial score (nSPS) is 9.50. The summed E-state index contributed by atoms with van der Waals surface area (Å²) in [6.45, 7) is 2.99. The number of carbonyl (C=O) groups is 1. The molecule has 0 radical (unpaired) electrons. The lowest BCUT2D eigenvalue weighted by Gasteiger charge is -2.02. The van der Waals surface area contributed by atoms with Crippen LogP contribution in [0.2, 0.25) is 0 Å². The zero-order valence-electron chi connectivity index (χ0n) is 6.87. The highest BCUT2D eigenvalue weighted by molar-refractivity contribution is 5.70. The lowest BCUT2D eigenvalue weighted by molar-refractivity contribution is -0.131. The number of anilines is 1. The van der Waals surface area contributed by atoms with E-state index in [0.29, 0.717) is 5.82 Å². The smallest absolute Gasteiger partial charge is 0.308 e. The molecule has 0 atom stereocenters. The zero-order chi connectivity index (χ0) is 9.14. The van der Waals surface area contributed by atoms with Crippen LogP contribution in [0.4, 0.5) is 5.82 Å². The third kappa shape index (κ3) is 1.91. The molecule has 0 saturated carbocycles. The van der Waals surface area contributed by atoms with Gasteiger partial charge in [0.1, 0.15) is 5.82 Å². The Morgan fingerprint density at radius 1 is 1.67 bits per heavy atom. The Labute approximate surface area is 69.6 Å². The Kier molecular flexibility index (Phi) is 2.23. The summed E-state index contributed by atoms with van der Waals surface area (Å²) in [5.41, 5.74) is 5.44. The largest absolute Gasteiger partial charge is 0.421 e. The van der Waals surface area contributed by atoms with Gasteiger partial charge in [-0.2, -0.15) is 0 Å². The standard InChI is InChI=1S/C7H9N3O2/c1-4-9-3-6(7(8)10-4)12-5(2)11/h3H,1-2H3,(H2,8,9,10).